The van der Waals surface area contributed by atoms with Crippen LogP contribution in [0, 0.1) is 0 Å². The van der Waals surface area contributed by atoms with Gasteiger partial charge in [-0.2, -0.15) is 5.26 Å². The number of carbonyl (C=O) groups excluding carboxylic acids is 2. The SMILES string of the molecule is O=C([O-])CCCC(=O)OO. The maximum Gasteiger partial charge on any atom is 0.342 e. The Bertz CT molecular complexity index is 130. The molecule has 0 saturated heterocycles. The summed E-state index contributed by atoms with van der Waals surface area (Å²) in [5.74, 6) is -2.05. The maximum absolute atomic E-state index is 10.1. The first kappa shape index (κ1) is 8.90. The van der Waals surface area contributed by atoms with E-state index < -0.39 is 11.9 Å². The third-order valence-corrected chi connectivity index (χ3v) is 0.864. The lowest BCUT2D eigenvalue weighted by molar-refractivity contribution is -0.305. The average Bonchev–Trinajstić information content (AvgIpc) is 1.87. The maximum atomic E-state index is 10.1. The predicted octanol–water partition coefficient (Wildman–Crippen LogP) is -1.08. The normalized spacial score (nSPS) is 8.90. The molecule has 5 nitrogen and oxygen atoms in total. The van der Waals surface area contributed by atoms with Crippen LogP contribution in [0.2, 0.25) is 0 Å². The van der Waals surface area contributed by atoms with Crippen molar-refractivity contribution in [3.8, 4) is 0 Å². The largest absolute Gasteiger partial charge is 0.550 e. The Balaban J connectivity index is 3.20. The quantitative estimate of drug-likeness (QED) is 0.404. The second-order valence-corrected chi connectivity index (χ2v) is 1.69. The predicted molar refractivity (Wildman–Crippen MR) is 27.6 cm³/mol. The highest BCUT2D eigenvalue weighted by Gasteiger charge is 2.00. The second kappa shape index (κ2) is 4.75. The van der Waals surface area contributed by atoms with Crippen LogP contribution in [0.4, 0.5) is 0 Å². The molecule has 0 fully saturated rings. The standard InChI is InChI=1S/C5H8O5/c6-4(7)2-1-3-5(8)10-9/h9H,1-3H2,(H,6,7)/p-1. The van der Waals surface area contributed by atoms with Gasteiger partial charge in [0.2, 0.25) is 0 Å². The summed E-state index contributed by atoms with van der Waals surface area (Å²) >= 11 is 0. The fraction of sp³-hybridized carbons (Fsp3) is 0.600. The summed E-state index contributed by atoms with van der Waals surface area (Å²) in [5, 5.41) is 17.4. The van der Waals surface area contributed by atoms with Gasteiger partial charge in [0.25, 0.3) is 0 Å². The van der Waals surface area contributed by atoms with Crippen molar-refractivity contribution in [2.24, 2.45) is 0 Å². The molecule has 0 aliphatic rings. The molecule has 0 heterocycles. The van der Waals surface area contributed by atoms with E-state index in [1.807, 2.05) is 0 Å². The van der Waals surface area contributed by atoms with Crippen molar-refractivity contribution in [3.63, 3.8) is 0 Å². The van der Waals surface area contributed by atoms with Crippen LogP contribution in [0.5, 0.6) is 0 Å². The number of aliphatic carboxylic acids is 1. The molecule has 0 aliphatic carbocycles. The number of rotatable bonds is 4. The van der Waals surface area contributed by atoms with Gasteiger partial charge in [-0.25, -0.2) is 4.79 Å². The van der Waals surface area contributed by atoms with Gasteiger partial charge in [0, 0.05) is 12.4 Å². The highest BCUT2D eigenvalue weighted by Crippen LogP contribution is 1.94. The van der Waals surface area contributed by atoms with Crippen LogP contribution in [0.25, 0.3) is 0 Å². The Morgan fingerprint density at radius 1 is 1.40 bits per heavy atom. The van der Waals surface area contributed by atoms with Gasteiger partial charge in [-0.05, 0) is 12.8 Å². The molecule has 0 amide bonds. The van der Waals surface area contributed by atoms with E-state index in [1.165, 1.54) is 0 Å². The first-order chi connectivity index (χ1) is 4.66. The van der Waals surface area contributed by atoms with E-state index in [-0.39, 0.29) is 19.3 Å². The van der Waals surface area contributed by atoms with Crippen LogP contribution in [0.15, 0.2) is 0 Å². The van der Waals surface area contributed by atoms with Crippen molar-refractivity contribution in [2.45, 2.75) is 19.3 Å². The van der Waals surface area contributed by atoms with Crippen molar-refractivity contribution >= 4 is 11.9 Å². The molecule has 10 heavy (non-hydrogen) atoms. The molecule has 0 atom stereocenters. The van der Waals surface area contributed by atoms with Crippen LogP contribution in [-0.2, 0) is 14.5 Å². The third-order valence-electron chi connectivity index (χ3n) is 0.864. The zero-order valence-electron chi connectivity index (χ0n) is 5.20. The summed E-state index contributed by atoms with van der Waals surface area (Å²) in [6.45, 7) is 0. The average molecular weight is 147 g/mol. The molecule has 0 aromatic carbocycles. The van der Waals surface area contributed by atoms with E-state index in [4.69, 9.17) is 5.26 Å². The van der Waals surface area contributed by atoms with Gasteiger partial charge >= 0.3 is 5.97 Å². The fourth-order valence-corrected chi connectivity index (χ4v) is 0.423. The van der Waals surface area contributed by atoms with E-state index in [2.05, 4.69) is 4.89 Å². The van der Waals surface area contributed by atoms with Gasteiger partial charge in [-0.3, -0.25) is 0 Å². The Labute approximate surface area is 57.2 Å². The van der Waals surface area contributed by atoms with Crippen LogP contribution < -0.4 is 5.11 Å². The smallest absolute Gasteiger partial charge is 0.342 e. The van der Waals surface area contributed by atoms with Crippen LogP contribution in [-0.4, -0.2) is 17.2 Å². The topological polar surface area (TPSA) is 86.7 Å². The molecule has 1 N–H and O–H groups in total. The zero-order valence-corrected chi connectivity index (χ0v) is 5.20. The van der Waals surface area contributed by atoms with Gasteiger partial charge in [0.1, 0.15) is 0 Å². The summed E-state index contributed by atoms with van der Waals surface area (Å²) in [6, 6.07) is 0. The summed E-state index contributed by atoms with van der Waals surface area (Å²) in [7, 11) is 0. The molecule has 5 heteroatoms. The Kier molecular flexibility index (Phi) is 4.23. The third kappa shape index (κ3) is 5.04. The molecular weight excluding hydrogens is 140 g/mol. The molecule has 0 saturated carbocycles. The van der Waals surface area contributed by atoms with E-state index in [1.54, 1.807) is 0 Å². The van der Waals surface area contributed by atoms with Crippen molar-refractivity contribution in [1.82, 2.24) is 0 Å². The minimum Gasteiger partial charge on any atom is -0.550 e. The Morgan fingerprint density at radius 2 is 2.00 bits per heavy atom. The van der Waals surface area contributed by atoms with Gasteiger partial charge < -0.3 is 14.8 Å². The monoisotopic (exact) mass is 147 g/mol. The summed E-state index contributed by atoms with van der Waals surface area (Å²) in [4.78, 5) is 23.1. The summed E-state index contributed by atoms with van der Waals surface area (Å²) in [6.07, 6.45) is -0.179. The lowest BCUT2D eigenvalue weighted by atomic mass is 10.2. The van der Waals surface area contributed by atoms with Crippen molar-refractivity contribution in [2.75, 3.05) is 0 Å². The van der Waals surface area contributed by atoms with Crippen molar-refractivity contribution < 1.29 is 24.8 Å². The molecular formula is C5H7O5-. The Hall–Kier alpha value is -1.10. The van der Waals surface area contributed by atoms with E-state index in [0.717, 1.165) is 0 Å². The van der Waals surface area contributed by atoms with Crippen LogP contribution >= 0.6 is 0 Å². The van der Waals surface area contributed by atoms with Gasteiger partial charge in [0.05, 0.1) is 0 Å². The molecule has 0 spiro atoms. The van der Waals surface area contributed by atoms with E-state index in [9.17, 15) is 14.7 Å². The number of carbonyl (C=O) groups is 2. The number of hydrogen-bond donors (Lipinski definition) is 1. The number of hydrogen-bond acceptors (Lipinski definition) is 5. The van der Waals surface area contributed by atoms with Gasteiger partial charge in [-0.1, -0.05) is 0 Å². The molecule has 0 aliphatic heterocycles. The summed E-state index contributed by atoms with van der Waals surface area (Å²) < 4.78 is 0. The molecule has 0 unspecified atom stereocenters. The van der Waals surface area contributed by atoms with Crippen molar-refractivity contribution in [1.29, 1.82) is 0 Å². The highest BCUT2D eigenvalue weighted by atomic mass is 17.1. The number of carboxylic acid groups (broad SMARTS) is 1. The van der Waals surface area contributed by atoms with Crippen LogP contribution in [0.1, 0.15) is 19.3 Å². The molecule has 0 aromatic rings. The molecule has 0 aromatic heterocycles. The van der Waals surface area contributed by atoms with Crippen LogP contribution in [0.3, 0.4) is 0 Å². The van der Waals surface area contributed by atoms with Gasteiger partial charge in [0.15, 0.2) is 0 Å². The second-order valence-electron chi connectivity index (χ2n) is 1.69. The minimum atomic E-state index is -1.22. The van der Waals surface area contributed by atoms with Gasteiger partial charge in [-0.15, -0.1) is 0 Å². The molecule has 58 valence electrons. The molecule has 0 bridgehead atoms. The lowest BCUT2D eigenvalue weighted by Crippen LogP contribution is -2.21. The lowest BCUT2D eigenvalue weighted by Gasteiger charge is -1.98. The van der Waals surface area contributed by atoms with Crippen molar-refractivity contribution in [3.05, 3.63) is 0 Å². The van der Waals surface area contributed by atoms with E-state index in [0.29, 0.717) is 0 Å². The Morgan fingerprint density at radius 3 is 2.40 bits per heavy atom. The minimum absolute atomic E-state index is 0.107. The first-order valence-electron chi connectivity index (χ1n) is 2.71. The number of carboxylic acids is 1. The van der Waals surface area contributed by atoms with E-state index >= 15 is 0 Å². The summed E-state index contributed by atoms with van der Waals surface area (Å²) in [5.41, 5.74) is 0. The first-order valence-corrected chi connectivity index (χ1v) is 2.71. The molecule has 0 rings (SSSR count). The fourth-order valence-electron chi connectivity index (χ4n) is 0.423. The molecule has 0 radical (unpaired) electrons. The highest BCUT2D eigenvalue weighted by molar-refractivity contribution is 5.70. The zero-order chi connectivity index (χ0) is 7.98.